The normalized spacial score (nSPS) is 18.9. The van der Waals surface area contributed by atoms with Crippen LogP contribution in [0.25, 0.3) is 0 Å². The van der Waals surface area contributed by atoms with E-state index in [2.05, 4.69) is 0 Å². The first-order valence-electron chi connectivity index (χ1n) is 3.91. The molecule has 11 heavy (non-hydrogen) atoms. The van der Waals surface area contributed by atoms with E-state index in [-0.39, 0.29) is 11.8 Å². The Kier molecular flexibility index (Phi) is 4.11. The molecule has 0 amide bonds. The topological polar surface area (TPSA) is 57.5 Å². The summed E-state index contributed by atoms with van der Waals surface area (Å²) in [6.07, 6.45) is -0.323. The van der Waals surface area contributed by atoms with Crippen LogP contribution in [0.3, 0.4) is 0 Å². The molecule has 3 nitrogen and oxygen atoms in total. The number of aliphatic carboxylic acids is 1. The third-order valence-corrected chi connectivity index (χ3v) is 2.29. The minimum atomic E-state index is -1.22. The van der Waals surface area contributed by atoms with Crippen LogP contribution < -0.4 is 0 Å². The summed E-state index contributed by atoms with van der Waals surface area (Å²) in [7, 11) is 0. The maximum absolute atomic E-state index is 10.3. The summed E-state index contributed by atoms with van der Waals surface area (Å²) in [6.45, 7) is 5.68. The van der Waals surface area contributed by atoms with Crippen molar-refractivity contribution in [2.24, 2.45) is 11.8 Å². The Morgan fingerprint density at radius 2 is 1.91 bits per heavy atom. The summed E-state index contributed by atoms with van der Waals surface area (Å²) in [5.41, 5.74) is 0. The number of aliphatic hydroxyl groups is 1. The van der Waals surface area contributed by atoms with Crippen molar-refractivity contribution >= 4 is 5.97 Å². The van der Waals surface area contributed by atoms with Gasteiger partial charge in [-0.15, -0.1) is 0 Å². The van der Waals surface area contributed by atoms with Crippen LogP contribution in [-0.2, 0) is 4.79 Å². The van der Waals surface area contributed by atoms with Gasteiger partial charge in [0.15, 0.2) is 6.10 Å². The van der Waals surface area contributed by atoms with Crippen LogP contribution >= 0.6 is 0 Å². The lowest BCUT2D eigenvalue weighted by Crippen LogP contribution is -2.31. The number of carbonyl (C=O) groups is 1. The number of carboxylic acid groups (broad SMARTS) is 1. The van der Waals surface area contributed by atoms with E-state index in [1.807, 2.05) is 13.8 Å². The Labute approximate surface area is 67.0 Å². The minimum Gasteiger partial charge on any atom is -0.479 e. The Hall–Kier alpha value is -0.570. The second-order valence-electron chi connectivity index (χ2n) is 3.03. The van der Waals surface area contributed by atoms with Crippen LogP contribution in [0.1, 0.15) is 27.2 Å². The zero-order chi connectivity index (χ0) is 9.02. The molecule has 3 heteroatoms. The smallest absolute Gasteiger partial charge is 0.332 e. The van der Waals surface area contributed by atoms with E-state index in [0.717, 1.165) is 6.42 Å². The van der Waals surface area contributed by atoms with Crippen LogP contribution in [0.4, 0.5) is 0 Å². The maximum atomic E-state index is 10.3. The van der Waals surface area contributed by atoms with Crippen LogP contribution in [-0.4, -0.2) is 22.3 Å². The lowest BCUT2D eigenvalue weighted by Gasteiger charge is -2.20. The van der Waals surface area contributed by atoms with Crippen molar-refractivity contribution in [3.63, 3.8) is 0 Å². The number of hydrogen-bond acceptors (Lipinski definition) is 2. The van der Waals surface area contributed by atoms with Gasteiger partial charge < -0.3 is 10.2 Å². The molecule has 0 heterocycles. The number of carboxylic acids is 1. The lowest BCUT2D eigenvalue weighted by molar-refractivity contribution is -0.150. The van der Waals surface area contributed by atoms with Gasteiger partial charge in [0.05, 0.1) is 0 Å². The molecule has 66 valence electrons. The van der Waals surface area contributed by atoms with Gasteiger partial charge in [0.1, 0.15) is 0 Å². The van der Waals surface area contributed by atoms with Crippen LogP contribution in [0, 0.1) is 11.8 Å². The predicted octanol–water partition coefficient (Wildman–Crippen LogP) is 1.11. The highest BCUT2D eigenvalue weighted by Crippen LogP contribution is 2.18. The lowest BCUT2D eigenvalue weighted by atomic mass is 9.89. The highest BCUT2D eigenvalue weighted by atomic mass is 16.4. The minimum absolute atomic E-state index is 0.169. The molecule has 0 aliphatic heterocycles. The largest absolute Gasteiger partial charge is 0.479 e. The van der Waals surface area contributed by atoms with Crippen LogP contribution in [0.5, 0.6) is 0 Å². The zero-order valence-electron chi connectivity index (χ0n) is 7.24. The van der Waals surface area contributed by atoms with E-state index < -0.39 is 12.1 Å². The van der Waals surface area contributed by atoms with Crippen molar-refractivity contribution in [1.29, 1.82) is 0 Å². The van der Waals surface area contributed by atoms with Crippen molar-refractivity contribution in [2.45, 2.75) is 33.3 Å². The summed E-state index contributed by atoms with van der Waals surface area (Å²) in [6, 6.07) is 0. The second kappa shape index (κ2) is 4.34. The molecular formula is C8H16O3. The first-order valence-corrected chi connectivity index (χ1v) is 3.91. The van der Waals surface area contributed by atoms with Crippen molar-refractivity contribution in [1.82, 2.24) is 0 Å². The molecule has 0 saturated heterocycles. The molecule has 0 aliphatic carbocycles. The van der Waals surface area contributed by atoms with Gasteiger partial charge in [-0.3, -0.25) is 0 Å². The molecule has 0 radical (unpaired) electrons. The number of hydrogen-bond donors (Lipinski definition) is 2. The van der Waals surface area contributed by atoms with E-state index >= 15 is 0 Å². The van der Waals surface area contributed by atoms with Crippen LogP contribution in [0.15, 0.2) is 0 Å². The first-order chi connectivity index (χ1) is 5.00. The van der Waals surface area contributed by atoms with Gasteiger partial charge in [0, 0.05) is 0 Å². The Bertz CT molecular complexity index is 133. The fraction of sp³-hybridized carbons (Fsp3) is 0.875. The summed E-state index contributed by atoms with van der Waals surface area (Å²) in [5.74, 6) is -1.04. The molecule has 2 N–H and O–H groups in total. The van der Waals surface area contributed by atoms with Gasteiger partial charge in [0.25, 0.3) is 0 Å². The standard InChI is InChI=1S/C8H16O3/c1-4-5(2)6(3)7(9)8(10)11/h5-7,9H,4H2,1-3H3,(H,10,11)/t5?,6?,7-/m0/s1. The van der Waals surface area contributed by atoms with Crippen LogP contribution in [0.2, 0.25) is 0 Å². The molecule has 0 rings (SSSR count). The van der Waals surface area contributed by atoms with Gasteiger partial charge in [0.2, 0.25) is 0 Å². The van der Waals surface area contributed by atoms with Crippen molar-refractivity contribution in [2.75, 3.05) is 0 Å². The second-order valence-corrected chi connectivity index (χ2v) is 3.03. The number of aliphatic hydroxyl groups excluding tert-OH is 1. The average Bonchev–Trinajstić information content (AvgIpc) is 2.00. The van der Waals surface area contributed by atoms with E-state index in [1.165, 1.54) is 0 Å². The molecule has 0 spiro atoms. The molecule has 0 aliphatic rings. The Morgan fingerprint density at radius 3 is 2.18 bits per heavy atom. The molecule has 0 fully saturated rings. The van der Waals surface area contributed by atoms with Crippen molar-refractivity contribution in [3.05, 3.63) is 0 Å². The highest BCUT2D eigenvalue weighted by molar-refractivity contribution is 5.72. The van der Waals surface area contributed by atoms with Gasteiger partial charge in [-0.2, -0.15) is 0 Å². The highest BCUT2D eigenvalue weighted by Gasteiger charge is 2.25. The van der Waals surface area contributed by atoms with Crippen molar-refractivity contribution < 1.29 is 15.0 Å². The SMILES string of the molecule is CCC(C)C(C)[C@H](O)C(=O)O. The van der Waals surface area contributed by atoms with Gasteiger partial charge >= 0.3 is 5.97 Å². The monoisotopic (exact) mass is 160 g/mol. The first kappa shape index (κ1) is 10.4. The van der Waals surface area contributed by atoms with Gasteiger partial charge in [-0.25, -0.2) is 4.79 Å². The Morgan fingerprint density at radius 1 is 1.45 bits per heavy atom. The molecule has 0 aromatic carbocycles. The van der Waals surface area contributed by atoms with E-state index in [0.29, 0.717) is 0 Å². The van der Waals surface area contributed by atoms with Gasteiger partial charge in [-0.1, -0.05) is 27.2 Å². The molecule has 0 saturated carbocycles. The Balaban J connectivity index is 4.00. The number of rotatable bonds is 4. The quantitative estimate of drug-likeness (QED) is 0.647. The van der Waals surface area contributed by atoms with E-state index in [1.54, 1.807) is 6.92 Å². The third kappa shape index (κ3) is 2.89. The molecular weight excluding hydrogens is 144 g/mol. The fourth-order valence-corrected chi connectivity index (χ4v) is 0.908. The average molecular weight is 160 g/mol. The van der Waals surface area contributed by atoms with E-state index in [4.69, 9.17) is 10.2 Å². The summed E-state index contributed by atoms with van der Waals surface area (Å²) in [5, 5.41) is 17.5. The molecule has 0 bridgehead atoms. The summed E-state index contributed by atoms with van der Waals surface area (Å²) in [4.78, 5) is 10.3. The van der Waals surface area contributed by atoms with E-state index in [9.17, 15) is 4.79 Å². The van der Waals surface area contributed by atoms with Crippen molar-refractivity contribution in [3.8, 4) is 0 Å². The zero-order valence-corrected chi connectivity index (χ0v) is 7.24. The van der Waals surface area contributed by atoms with Gasteiger partial charge in [-0.05, 0) is 11.8 Å². The molecule has 0 aromatic rings. The fourth-order valence-electron chi connectivity index (χ4n) is 0.908. The maximum Gasteiger partial charge on any atom is 0.332 e. The molecule has 0 aromatic heterocycles. The third-order valence-electron chi connectivity index (χ3n) is 2.29. The molecule has 2 unspecified atom stereocenters. The predicted molar refractivity (Wildman–Crippen MR) is 42.3 cm³/mol. The summed E-state index contributed by atoms with van der Waals surface area (Å²) >= 11 is 0. The molecule has 3 atom stereocenters. The summed E-state index contributed by atoms with van der Waals surface area (Å²) < 4.78 is 0.